The molecule has 0 saturated heterocycles. The first-order valence-corrected chi connectivity index (χ1v) is 11.7. The summed E-state index contributed by atoms with van der Waals surface area (Å²) >= 11 is 6.20. The molecule has 8 nitrogen and oxygen atoms in total. The predicted octanol–water partition coefficient (Wildman–Crippen LogP) is 4.61. The standard InChI is InChI=1S/C25H24ClF2N7O/c1-2-34-24-19(10-16(26)14-33-24)18-4-3-15(13-30)9-22(18)35(25(34)36)23-20(27)11-17(12-21(23)28)32-8-7-31-6-5-29/h3-4,9-12,14,31-32H,2,5-8,29H2,1H3. The van der Waals surface area contributed by atoms with Gasteiger partial charge in [0.25, 0.3) is 0 Å². The van der Waals surface area contributed by atoms with Crippen molar-refractivity contribution in [3.63, 3.8) is 0 Å². The molecule has 1 aliphatic rings. The summed E-state index contributed by atoms with van der Waals surface area (Å²) in [5.74, 6) is -1.59. The van der Waals surface area contributed by atoms with Crippen LogP contribution in [0.1, 0.15) is 12.5 Å². The highest BCUT2D eigenvalue weighted by Crippen LogP contribution is 2.45. The number of nitriles is 1. The SMILES string of the molecule is CCN1C(=O)N(c2c(F)cc(NCCNCCN)cc2F)c2cc(C#N)ccc2-c2cc(Cl)cnc21. The summed E-state index contributed by atoms with van der Waals surface area (Å²) in [6.07, 6.45) is 1.40. The summed E-state index contributed by atoms with van der Waals surface area (Å²) in [5.41, 5.74) is 6.42. The molecule has 1 aliphatic heterocycles. The molecule has 11 heteroatoms. The first-order valence-electron chi connectivity index (χ1n) is 11.3. The summed E-state index contributed by atoms with van der Waals surface area (Å²) < 4.78 is 31.0. The number of anilines is 4. The number of benzene rings is 2. The van der Waals surface area contributed by atoms with Crippen LogP contribution in [-0.4, -0.2) is 43.7 Å². The molecule has 0 unspecified atom stereocenters. The number of carbonyl (C=O) groups excluding carboxylic acids is 1. The highest BCUT2D eigenvalue weighted by Gasteiger charge is 2.36. The van der Waals surface area contributed by atoms with Gasteiger partial charge in [-0.15, -0.1) is 0 Å². The van der Waals surface area contributed by atoms with Crippen molar-refractivity contribution in [1.82, 2.24) is 10.3 Å². The topological polar surface area (TPSA) is 110 Å². The highest BCUT2D eigenvalue weighted by molar-refractivity contribution is 6.31. The molecule has 0 bridgehead atoms. The van der Waals surface area contributed by atoms with Gasteiger partial charge in [-0.3, -0.25) is 9.80 Å². The van der Waals surface area contributed by atoms with Gasteiger partial charge in [-0.25, -0.2) is 18.6 Å². The van der Waals surface area contributed by atoms with Crippen LogP contribution in [0.4, 0.5) is 36.5 Å². The molecule has 2 aromatic carbocycles. The van der Waals surface area contributed by atoms with E-state index in [-0.39, 0.29) is 23.5 Å². The Morgan fingerprint density at radius 1 is 1.11 bits per heavy atom. The van der Waals surface area contributed by atoms with E-state index in [9.17, 15) is 10.1 Å². The minimum atomic E-state index is -0.943. The monoisotopic (exact) mass is 511 g/mol. The van der Waals surface area contributed by atoms with Crippen molar-refractivity contribution >= 4 is 40.5 Å². The van der Waals surface area contributed by atoms with Gasteiger partial charge in [0.05, 0.1) is 22.3 Å². The lowest BCUT2D eigenvalue weighted by atomic mass is 10.0. The van der Waals surface area contributed by atoms with E-state index >= 15 is 8.78 Å². The number of halogens is 3. The van der Waals surface area contributed by atoms with Gasteiger partial charge < -0.3 is 16.4 Å². The fraction of sp³-hybridized carbons (Fsp3) is 0.240. The fourth-order valence-electron chi connectivity index (χ4n) is 4.08. The van der Waals surface area contributed by atoms with Crippen LogP contribution in [0.5, 0.6) is 0 Å². The highest BCUT2D eigenvalue weighted by atomic mass is 35.5. The maximum Gasteiger partial charge on any atom is 0.334 e. The third kappa shape index (κ3) is 4.81. The van der Waals surface area contributed by atoms with Gasteiger partial charge in [-0.05, 0) is 37.3 Å². The Labute approximate surface area is 212 Å². The number of hydrogen-bond acceptors (Lipinski definition) is 6. The van der Waals surface area contributed by atoms with Crippen LogP contribution < -0.4 is 26.2 Å². The van der Waals surface area contributed by atoms with Crippen LogP contribution in [0.2, 0.25) is 5.02 Å². The van der Waals surface area contributed by atoms with E-state index in [1.807, 2.05) is 6.07 Å². The molecule has 0 atom stereocenters. The van der Waals surface area contributed by atoms with E-state index in [1.54, 1.807) is 25.1 Å². The molecule has 4 N–H and O–H groups in total. The molecule has 3 aromatic rings. The minimum Gasteiger partial charge on any atom is -0.384 e. The molecule has 4 rings (SSSR count). The number of aromatic nitrogens is 1. The first kappa shape index (κ1) is 25.3. The molecule has 0 radical (unpaired) electrons. The van der Waals surface area contributed by atoms with Crippen LogP contribution in [-0.2, 0) is 0 Å². The normalized spacial score (nSPS) is 12.6. The van der Waals surface area contributed by atoms with Gasteiger partial charge in [0.1, 0.15) is 11.5 Å². The number of amides is 2. The molecule has 0 fully saturated rings. The Balaban J connectivity index is 1.84. The largest absolute Gasteiger partial charge is 0.384 e. The maximum absolute atomic E-state index is 15.5. The Hall–Kier alpha value is -3.78. The lowest BCUT2D eigenvalue weighted by Crippen LogP contribution is -2.41. The van der Waals surface area contributed by atoms with Crippen molar-refractivity contribution < 1.29 is 13.6 Å². The number of nitrogens with one attached hydrogen (secondary N) is 2. The summed E-state index contributed by atoms with van der Waals surface area (Å²) in [4.78, 5) is 20.4. The van der Waals surface area contributed by atoms with E-state index in [1.165, 1.54) is 17.2 Å². The van der Waals surface area contributed by atoms with Crippen molar-refractivity contribution in [3.05, 3.63) is 64.8 Å². The molecule has 1 aromatic heterocycles. The zero-order valence-electron chi connectivity index (χ0n) is 19.5. The van der Waals surface area contributed by atoms with Gasteiger partial charge >= 0.3 is 6.03 Å². The van der Waals surface area contributed by atoms with Crippen LogP contribution in [0, 0.1) is 23.0 Å². The van der Waals surface area contributed by atoms with E-state index in [4.69, 9.17) is 17.3 Å². The number of carbonyl (C=O) groups is 1. The second-order valence-corrected chi connectivity index (χ2v) is 8.42. The number of fused-ring (bicyclic) bond motifs is 3. The van der Waals surface area contributed by atoms with Crippen molar-refractivity contribution in [2.24, 2.45) is 5.73 Å². The van der Waals surface area contributed by atoms with E-state index in [0.29, 0.717) is 48.1 Å². The van der Waals surface area contributed by atoms with Crippen LogP contribution in [0.15, 0.2) is 42.6 Å². The third-order valence-electron chi connectivity index (χ3n) is 5.68. The van der Waals surface area contributed by atoms with E-state index in [0.717, 1.165) is 17.0 Å². The number of rotatable bonds is 8. The molecule has 36 heavy (non-hydrogen) atoms. The molecular formula is C25H24ClF2N7O. The van der Waals surface area contributed by atoms with Crippen molar-refractivity contribution in [3.8, 4) is 17.2 Å². The summed E-state index contributed by atoms with van der Waals surface area (Å²) in [6.45, 7) is 3.98. The van der Waals surface area contributed by atoms with Gasteiger partial charge in [0.2, 0.25) is 0 Å². The lowest BCUT2D eigenvalue weighted by Gasteiger charge is -2.28. The Morgan fingerprint density at radius 3 is 2.53 bits per heavy atom. The Morgan fingerprint density at radius 2 is 1.86 bits per heavy atom. The zero-order chi connectivity index (χ0) is 25.8. The van der Waals surface area contributed by atoms with Crippen molar-refractivity contribution in [2.75, 3.05) is 47.8 Å². The van der Waals surface area contributed by atoms with Crippen molar-refractivity contribution in [1.29, 1.82) is 5.26 Å². The van der Waals surface area contributed by atoms with Crippen LogP contribution in [0.25, 0.3) is 11.1 Å². The van der Waals surface area contributed by atoms with Gasteiger partial charge in [-0.1, -0.05) is 17.7 Å². The van der Waals surface area contributed by atoms with E-state index in [2.05, 4.69) is 15.6 Å². The van der Waals surface area contributed by atoms with E-state index < -0.39 is 23.4 Å². The Kier molecular flexibility index (Phi) is 7.64. The Bertz CT molecular complexity index is 1320. The smallest absolute Gasteiger partial charge is 0.334 e. The number of nitrogens with zero attached hydrogens (tertiary/aromatic N) is 4. The number of hydrogen-bond donors (Lipinski definition) is 3. The molecule has 0 aliphatic carbocycles. The minimum absolute atomic E-state index is 0.143. The summed E-state index contributed by atoms with van der Waals surface area (Å²) in [5, 5.41) is 15.8. The average Bonchev–Trinajstić information content (AvgIpc) is 2.95. The first-order chi connectivity index (χ1) is 17.4. The molecule has 0 saturated carbocycles. The van der Waals surface area contributed by atoms with Gasteiger partial charge in [0, 0.05) is 55.7 Å². The molecule has 2 heterocycles. The van der Waals surface area contributed by atoms with Crippen LogP contribution in [0.3, 0.4) is 0 Å². The second kappa shape index (κ2) is 10.9. The zero-order valence-corrected chi connectivity index (χ0v) is 20.2. The number of pyridine rings is 1. The average molecular weight is 512 g/mol. The van der Waals surface area contributed by atoms with Crippen LogP contribution >= 0.6 is 11.6 Å². The lowest BCUT2D eigenvalue weighted by molar-refractivity contribution is 0.253. The van der Waals surface area contributed by atoms with Gasteiger partial charge in [0.15, 0.2) is 11.6 Å². The third-order valence-corrected chi connectivity index (χ3v) is 5.88. The summed E-state index contributed by atoms with van der Waals surface area (Å²) in [6, 6.07) is 9.79. The fourth-order valence-corrected chi connectivity index (χ4v) is 4.24. The molecular weight excluding hydrogens is 488 g/mol. The molecule has 0 spiro atoms. The quantitative estimate of drug-likeness (QED) is 0.381. The predicted molar refractivity (Wildman–Crippen MR) is 137 cm³/mol. The molecule has 2 amide bonds. The molecule has 186 valence electrons. The summed E-state index contributed by atoms with van der Waals surface area (Å²) in [7, 11) is 0. The van der Waals surface area contributed by atoms with Gasteiger partial charge in [-0.2, -0.15) is 5.26 Å². The van der Waals surface area contributed by atoms with Crippen molar-refractivity contribution in [2.45, 2.75) is 6.92 Å². The maximum atomic E-state index is 15.5. The number of urea groups is 1. The number of nitrogens with two attached hydrogens (primary N) is 1. The second-order valence-electron chi connectivity index (χ2n) is 7.98.